The Balaban J connectivity index is 1.73. The SMILES string of the molecule is Nc1ccccc1CCCN1CCCCCC1. The van der Waals surface area contributed by atoms with Crippen molar-refractivity contribution >= 4 is 5.69 Å². The fourth-order valence-corrected chi connectivity index (χ4v) is 2.61. The Kier molecular flexibility index (Phi) is 4.87. The molecule has 2 rings (SSSR count). The first-order valence-corrected chi connectivity index (χ1v) is 6.92. The zero-order valence-electron chi connectivity index (χ0n) is 10.7. The van der Waals surface area contributed by atoms with Crippen LogP contribution in [0.15, 0.2) is 24.3 Å². The highest BCUT2D eigenvalue weighted by Crippen LogP contribution is 2.14. The molecule has 94 valence electrons. The molecule has 1 aromatic carbocycles. The maximum atomic E-state index is 5.95. The van der Waals surface area contributed by atoms with Crippen LogP contribution in [0.1, 0.15) is 37.7 Å². The normalized spacial score (nSPS) is 17.9. The van der Waals surface area contributed by atoms with E-state index in [-0.39, 0.29) is 0 Å². The van der Waals surface area contributed by atoms with Crippen molar-refractivity contribution in [2.75, 3.05) is 25.4 Å². The van der Waals surface area contributed by atoms with Crippen molar-refractivity contribution in [3.05, 3.63) is 29.8 Å². The lowest BCUT2D eigenvalue weighted by Gasteiger charge is -2.19. The number of nitrogens with two attached hydrogens (primary N) is 1. The summed E-state index contributed by atoms with van der Waals surface area (Å²) in [6.45, 7) is 3.82. The second kappa shape index (κ2) is 6.65. The number of rotatable bonds is 4. The molecule has 1 aliphatic heterocycles. The summed E-state index contributed by atoms with van der Waals surface area (Å²) < 4.78 is 0. The van der Waals surface area contributed by atoms with Crippen molar-refractivity contribution in [1.29, 1.82) is 0 Å². The van der Waals surface area contributed by atoms with E-state index < -0.39 is 0 Å². The Morgan fingerprint density at radius 1 is 1.00 bits per heavy atom. The number of nitrogens with zero attached hydrogens (tertiary/aromatic N) is 1. The summed E-state index contributed by atoms with van der Waals surface area (Å²) in [5.41, 5.74) is 8.21. The predicted molar refractivity (Wildman–Crippen MR) is 74.1 cm³/mol. The molecular weight excluding hydrogens is 208 g/mol. The van der Waals surface area contributed by atoms with Gasteiger partial charge in [0.2, 0.25) is 0 Å². The van der Waals surface area contributed by atoms with Gasteiger partial charge in [0, 0.05) is 5.69 Å². The first kappa shape index (κ1) is 12.4. The molecular formula is C15H24N2. The molecule has 2 nitrogen and oxygen atoms in total. The summed E-state index contributed by atoms with van der Waals surface area (Å²) in [6, 6.07) is 8.24. The molecule has 1 fully saturated rings. The van der Waals surface area contributed by atoms with Gasteiger partial charge in [-0.15, -0.1) is 0 Å². The second-order valence-corrected chi connectivity index (χ2v) is 5.06. The number of hydrogen-bond acceptors (Lipinski definition) is 2. The van der Waals surface area contributed by atoms with Crippen LogP contribution in [0.25, 0.3) is 0 Å². The summed E-state index contributed by atoms with van der Waals surface area (Å²) in [7, 11) is 0. The fourth-order valence-electron chi connectivity index (χ4n) is 2.61. The molecule has 0 aromatic heterocycles. The Bertz CT molecular complexity index is 327. The third-order valence-corrected chi connectivity index (χ3v) is 3.67. The molecule has 1 aromatic rings. The average Bonchev–Trinajstić information content (AvgIpc) is 2.60. The molecule has 1 saturated heterocycles. The number of benzene rings is 1. The van der Waals surface area contributed by atoms with Crippen molar-refractivity contribution in [3.8, 4) is 0 Å². The summed E-state index contributed by atoms with van der Waals surface area (Å²) in [5.74, 6) is 0. The molecule has 0 bridgehead atoms. The molecule has 2 heteroatoms. The maximum Gasteiger partial charge on any atom is 0.0346 e. The standard InChI is InChI=1S/C15H24N2/c16-15-10-4-3-8-14(15)9-7-13-17-11-5-1-2-6-12-17/h3-4,8,10H,1-2,5-7,9,11-13,16H2. The van der Waals surface area contributed by atoms with Crippen molar-refractivity contribution in [3.63, 3.8) is 0 Å². The average molecular weight is 232 g/mol. The van der Waals surface area contributed by atoms with Crippen LogP contribution in [-0.4, -0.2) is 24.5 Å². The molecule has 1 aliphatic rings. The molecule has 0 saturated carbocycles. The number of anilines is 1. The van der Waals surface area contributed by atoms with E-state index >= 15 is 0 Å². The second-order valence-electron chi connectivity index (χ2n) is 5.06. The maximum absolute atomic E-state index is 5.95. The zero-order valence-corrected chi connectivity index (χ0v) is 10.7. The van der Waals surface area contributed by atoms with Gasteiger partial charge in [-0.3, -0.25) is 0 Å². The largest absolute Gasteiger partial charge is 0.399 e. The van der Waals surface area contributed by atoms with Crippen molar-refractivity contribution in [1.82, 2.24) is 4.90 Å². The van der Waals surface area contributed by atoms with Crippen LogP contribution in [-0.2, 0) is 6.42 Å². The highest BCUT2D eigenvalue weighted by atomic mass is 15.1. The van der Waals surface area contributed by atoms with Gasteiger partial charge < -0.3 is 10.6 Å². The quantitative estimate of drug-likeness (QED) is 0.808. The molecule has 2 N–H and O–H groups in total. The Labute approximate surface area is 105 Å². The minimum Gasteiger partial charge on any atom is -0.399 e. The lowest BCUT2D eigenvalue weighted by molar-refractivity contribution is 0.282. The van der Waals surface area contributed by atoms with Gasteiger partial charge in [-0.1, -0.05) is 31.0 Å². The Morgan fingerprint density at radius 3 is 2.41 bits per heavy atom. The number of nitrogen functional groups attached to an aromatic ring is 1. The summed E-state index contributed by atoms with van der Waals surface area (Å²) in [6.07, 6.45) is 7.95. The van der Waals surface area contributed by atoms with Gasteiger partial charge in [0.15, 0.2) is 0 Å². The van der Waals surface area contributed by atoms with Crippen molar-refractivity contribution < 1.29 is 0 Å². The van der Waals surface area contributed by atoms with Gasteiger partial charge in [0.25, 0.3) is 0 Å². The Hall–Kier alpha value is -1.02. The van der Waals surface area contributed by atoms with Gasteiger partial charge in [0.05, 0.1) is 0 Å². The van der Waals surface area contributed by atoms with Crippen LogP contribution in [0.5, 0.6) is 0 Å². The van der Waals surface area contributed by atoms with Gasteiger partial charge in [0.1, 0.15) is 0 Å². The molecule has 0 atom stereocenters. The van der Waals surface area contributed by atoms with Crippen LogP contribution >= 0.6 is 0 Å². The van der Waals surface area contributed by atoms with Crippen LogP contribution in [0.2, 0.25) is 0 Å². The van der Waals surface area contributed by atoms with E-state index in [1.807, 2.05) is 12.1 Å². The van der Waals surface area contributed by atoms with Crippen molar-refractivity contribution in [2.24, 2.45) is 0 Å². The van der Waals surface area contributed by atoms with E-state index in [1.165, 1.54) is 57.3 Å². The first-order chi connectivity index (χ1) is 8.36. The van der Waals surface area contributed by atoms with Crippen LogP contribution in [0, 0.1) is 0 Å². The van der Waals surface area contributed by atoms with E-state index in [4.69, 9.17) is 5.73 Å². The van der Waals surface area contributed by atoms with E-state index in [0.717, 1.165) is 12.1 Å². The molecule has 0 amide bonds. The lowest BCUT2D eigenvalue weighted by atomic mass is 10.1. The minimum absolute atomic E-state index is 0.948. The van der Waals surface area contributed by atoms with Crippen molar-refractivity contribution in [2.45, 2.75) is 38.5 Å². The first-order valence-electron chi connectivity index (χ1n) is 6.92. The number of aryl methyl sites for hydroxylation is 1. The third-order valence-electron chi connectivity index (χ3n) is 3.67. The highest BCUT2D eigenvalue weighted by Gasteiger charge is 2.08. The molecule has 0 unspecified atom stereocenters. The highest BCUT2D eigenvalue weighted by molar-refractivity contribution is 5.46. The van der Waals surface area contributed by atoms with Crippen LogP contribution in [0.3, 0.4) is 0 Å². The van der Waals surface area contributed by atoms with E-state index in [2.05, 4.69) is 17.0 Å². The zero-order chi connectivity index (χ0) is 11.9. The van der Waals surface area contributed by atoms with Gasteiger partial charge in [-0.2, -0.15) is 0 Å². The molecule has 0 aliphatic carbocycles. The predicted octanol–water partition coefficient (Wildman–Crippen LogP) is 3.08. The summed E-state index contributed by atoms with van der Waals surface area (Å²) in [4.78, 5) is 2.62. The van der Waals surface area contributed by atoms with E-state index in [1.54, 1.807) is 0 Å². The molecule has 0 radical (unpaired) electrons. The van der Waals surface area contributed by atoms with Crippen LogP contribution < -0.4 is 5.73 Å². The van der Waals surface area contributed by atoms with Gasteiger partial charge in [-0.05, 0) is 56.9 Å². The smallest absolute Gasteiger partial charge is 0.0346 e. The minimum atomic E-state index is 0.948. The Morgan fingerprint density at radius 2 is 1.71 bits per heavy atom. The topological polar surface area (TPSA) is 29.3 Å². The third kappa shape index (κ3) is 4.04. The van der Waals surface area contributed by atoms with E-state index in [9.17, 15) is 0 Å². The van der Waals surface area contributed by atoms with Gasteiger partial charge >= 0.3 is 0 Å². The van der Waals surface area contributed by atoms with Gasteiger partial charge in [-0.25, -0.2) is 0 Å². The summed E-state index contributed by atoms with van der Waals surface area (Å²) in [5, 5.41) is 0. The number of hydrogen-bond donors (Lipinski definition) is 1. The molecule has 1 heterocycles. The monoisotopic (exact) mass is 232 g/mol. The summed E-state index contributed by atoms with van der Waals surface area (Å²) >= 11 is 0. The molecule has 0 spiro atoms. The fraction of sp³-hybridized carbons (Fsp3) is 0.600. The van der Waals surface area contributed by atoms with Crippen LogP contribution in [0.4, 0.5) is 5.69 Å². The number of para-hydroxylation sites is 1. The number of likely N-dealkylation sites (tertiary alicyclic amines) is 1. The van der Waals surface area contributed by atoms with E-state index in [0.29, 0.717) is 0 Å². The lowest BCUT2D eigenvalue weighted by Crippen LogP contribution is -2.26. The molecule has 17 heavy (non-hydrogen) atoms.